The number of nitrogens with two attached hydrogens (primary N) is 1. The van der Waals surface area contributed by atoms with Crippen LogP contribution in [0.25, 0.3) is 0 Å². The molecule has 0 aliphatic carbocycles. The van der Waals surface area contributed by atoms with Crippen molar-refractivity contribution in [1.29, 1.82) is 0 Å². The topological polar surface area (TPSA) is 81.4 Å². The van der Waals surface area contributed by atoms with Gasteiger partial charge in [0.2, 0.25) is 5.91 Å². The van der Waals surface area contributed by atoms with Crippen LogP contribution in [-0.4, -0.2) is 25.0 Å². The lowest BCUT2D eigenvalue weighted by molar-refractivity contribution is -0.117. The molecule has 92 valence electrons. The van der Waals surface area contributed by atoms with Crippen molar-refractivity contribution in [2.24, 2.45) is 5.73 Å². The Kier molecular flexibility index (Phi) is 4.23. The lowest BCUT2D eigenvalue weighted by Crippen LogP contribution is -2.32. The van der Waals surface area contributed by atoms with Crippen LogP contribution in [0.15, 0.2) is 18.2 Å². The molecule has 0 aliphatic rings. The SMILES string of the molecule is COC(=O)c1cccc(NC(=O)[C@H](C)N)c1C. The van der Waals surface area contributed by atoms with Crippen LogP contribution in [0.2, 0.25) is 0 Å². The first-order valence-corrected chi connectivity index (χ1v) is 5.21. The maximum absolute atomic E-state index is 11.5. The summed E-state index contributed by atoms with van der Waals surface area (Å²) in [7, 11) is 1.31. The normalized spacial score (nSPS) is 11.8. The second-order valence-corrected chi connectivity index (χ2v) is 3.75. The van der Waals surface area contributed by atoms with E-state index in [9.17, 15) is 9.59 Å². The molecule has 0 saturated heterocycles. The Morgan fingerprint density at radius 3 is 2.59 bits per heavy atom. The van der Waals surface area contributed by atoms with Crippen LogP contribution in [0, 0.1) is 6.92 Å². The highest BCUT2D eigenvalue weighted by Crippen LogP contribution is 2.19. The van der Waals surface area contributed by atoms with Crippen LogP contribution in [0.5, 0.6) is 0 Å². The molecule has 0 bridgehead atoms. The molecule has 0 spiro atoms. The predicted molar refractivity (Wildman–Crippen MR) is 64.8 cm³/mol. The third kappa shape index (κ3) is 3.04. The molecule has 1 amide bonds. The van der Waals surface area contributed by atoms with E-state index in [0.29, 0.717) is 16.8 Å². The predicted octanol–water partition coefficient (Wildman–Crippen LogP) is 1.07. The average Bonchev–Trinajstić information content (AvgIpc) is 2.30. The number of esters is 1. The van der Waals surface area contributed by atoms with Crippen LogP contribution >= 0.6 is 0 Å². The molecule has 3 N–H and O–H groups in total. The summed E-state index contributed by atoms with van der Waals surface area (Å²) in [5.74, 6) is -0.727. The minimum absolute atomic E-state index is 0.296. The summed E-state index contributed by atoms with van der Waals surface area (Å²) in [6.45, 7) is 3.33. The standard InChI is InChI=1S/C12H16N2O3/c1-7-9(12(16)17-3)5-4-6-10(7)14-11(15)8(2)13/h4-6,8H,13H2,1-3H3,(H,14,15)/t8-/m0/s1. The second kappa shape index (κ2) is 5.45. The number of anilines is 1. The lowest BCUT2D eigenvalue weighted by atomic mass is 10.1. The highest BCUT2D eigenvalue weighted by atomic mass is 16.5. The fourth-order valence-electron chi connectivity index (χ4n) is 1.35. The van der Waals surface area contributed by atoms with E-state index in [1.165, 1.54) is 7.11 Å². The lowest BCUT2D eigenvalue weighted by Gasteiger charge is -2.12. The maximum Gasteiger partial charge on any atom is 0.338 e. The molecule has 0 aromatic heterocycles. The van der Waals surface area contributed by atoms with Gasteiger partial charge < -0.3 is 15.8 Å². The molecule has 1 aromatic carbocycles. The second-order valence-electron chi connectivity index (χ2n) is 3.75. The molecule has 5 heteroatoms. The smallest absolute Gasteiger partial charge is 0.338 e. The van der Waals surface area contributed by atoms with Crippen molar-refractivity contribution in [2.45, 2.75) is 19.9 Å². The van der Waals surface area contributed by atoms with Gasteiger partial charge in [0.1, 0.15) is 0 Å². The zero-order valence-corrected chi connectivity index (χ0v) is 10.1. The first-order chi connectivity index (χ1) is 7.97. The van der Waals surface area contributed by atoms with Gasteiger partial charge in [0, 0.05) is 5.69 Å². The van der Waals surface area contributed by atoms with E-state index in [0.717, 1.165) is 0 Å². The maximum atomic E-state index is 11.5. The Labute approximate surface area is 99.9 Å². The fourth-order valence-corrected chi connectivity index (χ4v) is 1.35. The Balaban J connectivity index is 3.02. The summed E-state index contributed by atoms with van der Waals surface area (Å²) in [4.78, 5) is 22.9. The van der Waals surface area contributed by atoms with Crippen molar-refractivity contribution in [3.8, 4) is 0 Å². The van der Waals surface area contributed by atoms with Crippen molar-refractivity contribution in [3.63, 3.8) is 0 Å². The molecular formula is C12H16N2O3. The summed E-state index contributed by atoms with van der Waals surface area (Å²) < 4.78 is 4.65. The van der Waals surface area contributed by atoms with Crippen LogP contribution < -0.4 is 11.1 Å². The van der Waals surface area contributed by atoms with Crippen molar-refractivity contribution >= 4 is 17.6 Å². The van der Waals surface area contributed by atoms with Gasteiger partial charge >= 0.3 is 5.97 Å². The number of carbonyl (C=O) groups is 2. The highest BCUT2D eigenvalue weighted by molar-refractivity contribution is 5.98. The molecule has 0 unspecified atom stereocenters. The third-order valence-electron chi connectivity index (χ3n) is 2.41. The number of hydrogen-bond acceptors (Lipinski definition) is 4. The summed E-state index contributed by atoms with van der Waals surface area (Å²) in [5, 5.41) is 2.66. The van der Waals surface area contributed by atoms with Crippen LogP contribution in [0.3, 0.4) is 0 Å². The third-order valence-corrected chi connectivity index (χ3v) is 2.41. The molecule has 0 fully saturated rings. The summed E-state index contributed by atoms with van der Waals surface area (Å²) >= 11 is 0. The molecule has 1 aromatic rings. The van der Waals surface area contributed by atoms with Crippen LogP contribution in [0.4, 0.5) is 5.69 Å². The van der Waals surface area contributed by atoms with Crippen LogP contribution in [0.1, 0.15) is 22.8 Å². The number of methoxy groups -OCH3 is 1. The number of hydrogen-bond donors (Lipinski definition) is 2. The van der Waals surface area contributed by atoms with Gasteiger partial charge in [-0.1, -0.05) is 6.07 Å². The van der Waals surface area contributed by atoms with Gasteiger partial charge in [0.25, 0.3) is 0 Å². The van der Waals surface area contributed by atoms with Crippen molar-refractivity contribution < 1.29 is 14.3 Å². The Bertz CT molecular complexity index is 441. The minimum Gasteiger partial charge on any atom is -0.465 e. The molecule has 1 rings (SSSR count). The number of benzene rings is 1. The fraction of sp³-hybridized carbons (Fsp3) is 0.333. The summed E-state index contributed by atoms with van der Waals surface area (Å²) in [6, 6.07) is 4.43. The van der Waals surface area contributed by atoms with Gasteiger partial charge in [-0.05, 0) is 31.5 Å². The summed E-state index contributed by atoms with van der Waals surface area (Å²) in [5.41, 5.74) is 7.11. The zero-order chi connectivity index (χ0) is 13.0. The minimum atomic E-state index is -0.601. The van der Waals surface area contributed by atoms with Crippen molar-refractivity contribution in [3.05, 3.63) is 29.3 Å². The average molecular weight is 236 g/mol. The van der Waals surface area contributed by atoms with Gasteiger partial charge in [0.15, 0.2) is 0 Å². The number of rotatable bonds is 3. The van der Waals surface area contributed by atoms with E-state index in [2.05, 4.69) is 10.1 Å². The Morgan fingerprint density at radius 2 is 2.06 bits per heavy atom. The zero-order valence-electron chi connectivity index (χ0n) is 10.1. The van der Waals surface area contributed by atoms with Crippen molar-refractivity contribution in [2.75, 3.05) is 12.4 Å². The van der Waals surface area contributed by atoms with Gasteiger partial charge in [-0.3, -0.25) is 4.79 Å². The van der Waals surface area contributed by atoms with Gasteiger partial charge in [0.05, 0.1) is 18.7 Å². The van der Waals surface area contributed by atoms with E-state index in [-0.39, 0.29) is 5.91 Å². The van der Waals surface area contributed by atoms with E-state index in [1.807, 2.05) is 0 Å². The number of ether oxygens (including phenoxy) is 1. The van der Waals surface area contributed by atoms with Crippen molar-refractivity contribution in [1.82, 2.24) is 0 Å². The molecule has 5 nitrogen and oxygen atoms in total. The summed E-state index contributed by atoms with van der Waals surface area (Å²) in [6.07, 6.45) is 0. The Hall–Kier alpha value is -1.88. The highest BCUT2D eigenvalue weighted by Gasteiger charge is 2.14. The molecular weight excluding hydrogens is 220 g/mol. The van der Waals surface area contributed by atoms with E-state index < -0.39 is 12.0 Å². The first-order valence-electron chi connectivity index (χ1n) is 5.21. The molecule has 17 heavy (non-hydrogen) atoms. The van der Waals surface area contributed by atoms with E-state index in [1.54, 1.807) is 32.0 Å². The molecule has 0 heterocycles. The number of carbonyl (C=O) groups excluding carboxylic acids is 2. The van der Waals surface area contributed by atoms with Gasteiger partial charge in [-0.25, -0.2) is 4.79 Å². The van der Waals surface area contributed by atoms with Gasteiger partial charge in [-0.15, -0.1) is 0 Å². The molecule has 1 atom stereocenters. The molecule has 0 saturated carbocycles. The first kappa shape index (κ1) is 13.2. The number of amides is 1. The van der Waals surface area contributed by atoms with E-state index >= 15 is 0 Å². The monoisotopic (exact) mass is 236 g/mol. The van der Waals surface area contributed by atoms with Gasteiger partial charge in [-0.2, -0.15) is 0 Å². The number of nitrogens with one attached hydrogen (secondary N) is 1. The van der Waals surface area contributed by atoms with E-state index in [4.69, 9.17) is 5.73 Å². The largest absolute Gasteiger partial charge is 0.465 e. The quantitative estimate of drug-likeness (QED) is 0.769. The van der Waals surface area contributed by atoms with Crippen LogP contribution in [-0.2, 0) is 9.53 Å². The Morgan fingerprint density at radius 1 is 1.41 bits per heavy atom. The molecule has 0 aliphatic heterocycles. The molecule has 0 radical (unpaired) electrons.